The van der Waals surface area contributed by atoms with E-state index >= 15 is 0 Å². The van der Waals surface area contributed by atoms with Crippen molar-refractivity contribution < 1.29 is 14.3 Å². The van der Waals surface area contributed by atoms with Crippen LogP contribution in [0, 0.1) is 0 Å². The molecule has 4 aromatic rings. The highest BCUT2D eigenvalue weighted by molar-refractivity contribution is 6.31. The van der Waals surface area contributed by atoms with Gasteiger partial charge in [-0.05, 0) is 41.0 Å². The minimum atomic E-state index is -0.0796. The predicted octanol–water partition coefficient (Wildman–Crippen LogP) is 5.08. The third-order valence-corrected chi connectivity index (χ3v) is 6.10. The zero-order chi connectivity index (χ0) is 21.9. The van der Waals surface area contributed by atoms with Crippen LogP contribution in [0.15, 0.2) is 72.9 Å². The SMILES string of the molecule is O=C(Cc1ccc2c(c1)OCCO2)NC[C@H](c1ccccc1Cl)c1c[nH]c2ccccc12. The summed E-state index contributed by atoms with van der Waals surface area (Å²) in [7, 11) is 0. The fourth-order valence-corrected chi connectivity index (χ4v) is 4.46. The van der Waals surface area contributed by atoms with Crippen LogP contribution in [0.25, 0.3) is 10.9 Å². The van der Waals surface area contributed by atoms with Crippen LogP contribution in [0.4, 0.5) is 0 Å². The Morgan fingerprint density at radius 2 is 1.75 bits per heavy atom. The number of fused-ring (bicyclic) bond motifs is 2. The van der Waals surface area contributed by atoms with Gasteiger partial charge in [0.15, 0.2) is 11.5 Å². The summed E-state index contributed by atoms with van der Waals surface area (Å²) in [6.45, 7) is 1.51. The molecule has 1 aliphatic rings. The van der Waals surface area contributed by atoms with Gasteiger partial charge >= 0.3 is 0 Å². The van der Waals surface area contributed by atoms with Gasteiger partial charge in [-0.1, -0.05) is 54.1 Å². The van der Waals surface area contributed by atoms with Crippen molar-refractivity contribution in [3.05, 3.63) is 94.6 Å². The number of aromatic nitrogens is 1. The Morgan fingerprint density at radius 3 is 2.62 bits per heavy atom. The summed E-state index contributed by atoms with van der Waals surface area (Å²) >= 11 is 6.55. The molecule has 2 N–H and O–H groups in total. The van der Waals surface area contributed by atoms with Crippen molar-refractivity contribution in [1.29, 1.82) is 0 Å². The number of carbonyl (C=O) groups is 1. The number of benzene rings is 3. The molecule has 1 aromatic heterocycles. The zero-order valence-electron chi connectivity index (χ0n) is 17.4. The smallest absolute Gasteiger partial charge is 0.224 e. The second-order valence-electron chi connectivity index (χ2n) is 7.82. The van der Waals surface area contributed by atoms with Crippen LogP contribution in [-0.2, 0) is 11.2 Å². The second kappa shape index (κ2) is 8.97. The molecule has 0 radical (unpaired) electrons. The van der Waals surface area contributed by atoms with Crippen molar-refractivity contribution in [2.75, 3.05) is 19.8 Å². The Labute approximate surface area is 191 Å². The molecule has 6 heteroatoms. The van der Waals surface area contributed by atoms with E-state index in [9.17, 15) is 4.79 Å². The van der Waals surface area contributed by atoms with Gasteiger partial charge in [-0.2, -0.15) is 0 Å². The van der Waals surface area contributed by atoms with Crippen LogP contribution in [0.1, 0.15) is 22.6 Å². The maximum Gasteiger partial charge on any atom is 0.224 e. The van der Waals surface area contributed by atoms with Crippen LogP contribution >= 0.6 is 11.6 Å². The van der Waals surface area contributed by atoms with Gasteiger partial charge in [0.25, 0.3) is 0 Å². The Balaban J connectivity index is 1.36. The van der Waals surface area contributed by atoms with Crippen LogP contribution in [0.2, 0.25) is 5.02 Å². The lowest BCUT2D eigenvalue weighted by atomic mass is 9.90. The summed E-state index contributed by atoms with van der Waals surface area (Å²) in [5.41, 5.74) is 4.03. The maximum atomic E-state index is 12.8. The molecule has 162 valence electrons. The number of carbonyl (C=O) groups excluding carboxylic acids is 1. The summed E-state index contributed by atoms with van der Waals surface area (Å²) in [6.07, 6.45) is 2.27. The Morgan fingerprint density at radius 1 is 0.969 bits per heavy atom. The van der Waals surface area contributed by atoms with E-state index in [2.05, 4.69) is 16.4 Å². The molecular formula is C26H23ClN2O3. The maximum absolute atomic E-state index is 12.8. The second-order valence-corrected chi connectivity index (χ2v) is 8.23. The number of para-hydroxylation sites is 1. The number of nitrogens with one attached hydrogen (secondary N) is 2. The molecule has 0 unspecified atom stereocenters. The first-order chi connectivity index (χ1) is 15.7. The number of ether oxygens (including phenoxy) is 2. The first kappa shape index (κ1) is 20.5. The Kier molecular flexibility index (Phi) is 5.73. The van der Waals surface area contributed by atoms with Gasteiger partial charge in [0.2, 0.25) is 5.91 Å². The quantitative estimate of drug-likeness (QED) is 0.434. The average Bonchev–Trinajstić information content (AvgIpc) is 3.24. The molecule has 5 nitrogen and oxygen atoms in total. The number of amides is 1. The number of hydrogen-bond acceptors (Lipinski definition) is 3. The normalized spacial score (nSPS) is 13.7. The molecule has 0 saturated carbocycles. The molecule has 0 fully saturated rings. The van der Waals surface area contributed by atoms with Gasteiger partial charge in [-0.3, -0.25) is 4.79 Å². The predicted molar refractivity (Wildman–Crippen MR) is 126 cm³/mol. The van der Waals surface area contributed by atoms with E-state index in [-0.39, 0.29) is 18.2 Å². The van der Waals surface area contributed by atoms with E-state index in [1.54, 1.807) is 0 Å². The van der Waals surface area contributed by atoms with E-state index in [1.165, 1.54) is 0 Å². The minimum Gasteiger partial charge on any atom is -0.486 e. The lowest BCUT2D eigenvalue weighted by Gasteiger charge is -2.20. The van der Waals surface area contributed by atoms with Crippen molar-refractivity contribution >= 4 is 28.4 Å². The van der Waals surface area contributed by atoms with Crippen LogP contribution in [0.3, 0.4) is 0 Å². The fraction of sp³-hybridized carbons (Fsp3) is 0.192. The fourth-order valence-electron chi connectivity index (χ4n) is 4.19. The van der Waals surface area contributed by atoms with Gasteiger partial charge in [0.05, 0.1) is 6.42 Å². The molecule has 0 bridgehead atoms. The summed E-state index contributed by atoms with van der Waals surface area (Å²) in [5, 5.41) is 4.91. The Hall–Kier alpha value is -3.44. The molecular weight excluding hydrogens is 424 g/mol. The average molecular weight is 447 g/mol. The number of rotatable bonds is 6. The first-order valence-corrected chi connectivity index (χ1v) is 11.0. The molecule has 0 saturated heterocycles. The van der Waals surface area contributed by atoms with Crippen molar-refractivity contribution in [2.24, 2.45) is 0 Å². The highest BCUT2D eigenvalue weighted by Crippen LogP contribution is 2.34. The van der Waals surface area contributed by atoms with Gasteiger partial charge in [-0.15, -0.1) is 0 Å². The van der Waals surface area contributed by atoms with E-state index in [1.807, 2.05) is 66.9 Å². The van der Waals surface area contributed by atoms with Crippen molar-refractivity contribution in [3.8, 4) is 11.5 Å². The summed E-state index contributed by atoms with van der Waals surface area (Å²) in [4.78, 5) is 16.1. The van der Waals surface area contributed by atoms with Crippen LogP contribution in [-0.4, -0.2) is 30.6 Å². The standard InChI is InChI=1S/C26H23ClN2O3/c27-22-7-3-1-5-18(22)20(21-15-28-23-8-4-2-6-19(21)23)16-29-26(30)14-17-9-10-24-25(13-17)32-12-11-31-24/h1-10,13,15,20,28H,11-12,14,16H2,(H,29,30)/t20-/m1/s1. The van der Waals surface area contributed by atoms with Crippen molar-refractivity contribution in [3.63, 3.8) is 0 Å². The van der Waals surface area contributed by atoms with Gasteiger partial charge in [0, 0.05) is 34.6 Å². The number of halogens is 1. The molecule has 0 spiro atoms. The highest BCUT2D eigenvalue weighted by Gasteiger charge is 2.21. The van der Waals surface area contributed by atoms with E-state index in [0.717, 1.165) is 33.3 Å². The molecule has 1 aliphatic heterocycles. The van der Waals surface area contributed by atoms with E-state index in [4.69, 9.17) is 21.1 Å². The van der Waals surface area contributed by atoms with Gasteiger partial charge < -0.3 is 19.8 Å². The molecule has 1 amide bonds. The number of aromatic amines is 1. The number of hydrogen-bond donors (Lipinski definition) is 2. The number of H-pyrrole nitrogens is 1. The molecule has 0 aliphatic carbocycles. The van der Waals surface area contributed by atoms with Crippen LogP contribution < -0.4 is 14.8 Å². The lowest BCUT2D eigenvalue weighted by Crippen LogP contribution is -2.30. The van der Waals surface area contributed by atoms with Gasteiger partial charge in [0.1, 0.15) is 13.2 Å². The van der Waals surface area contributed by atoms with Crippen LogP contribution in [0.5, 0.6) is 11.5 Å². The monoisotopic (exact) mass is 446 g/mol. The molecule has 32 heavy (non-hydrogen) atoms. The first-order valence-electron chi connectivity index (χ1n) is 10.6. The molecule has 5 rings (SSSR count). The summed E-state index contributed by atoms with van der Waals surface area (Å²) < 4.78 is 11.2. The third kappa shape index (κ3) is 4.16. The third-order valence-electron chi connectivity index (χ3n) is 5.75. The summed E-state index contributed by atoms with van der Waals surface area (Å²) in [5.74, 6) is 1.27. The zero-order valence-corrected chi connectivity index (χ0v) is 18.2. The van der Waals surface area contributed by atoms with E-state index in [0.29, 0.717) is 30.5 Å². The topological polar surface area (TPSA) is 63.4 Å². The molecule has 3 aromatic carbocycles. The van der Waals surface area contributed by atoms with E-state index < -0.39 is 0 Å². The van der Waals surface area contributed by atoms with Crippen molar-refractivity contribution in [1.82, 2.24) is 10.3 Å². The molecule has 2 heterocycles. The van der Waals surface area contributed by atoms with Crippen molar-refractivity contribution in [2.45, 2.75) is 12.3 Å². The minimum absolute atomic E-state index is 0.0569. The largest absolute Gasteiger partial charge is 0.486 e. The molecule has 1 atom stereocenters. The Bertz CT molecular complexity index is 1270. The van der Waals surface area contributed by atoms with Gasteiger partial charge in [-0.25, -0.2) is 0 Å². The summed E-state index contributed by atoms with van der Waals surface area (Å²) in [6, 6.07) is 21.6. The lowest BCUT2D eigenvalue weighted by molar-refractivity contribution is -0.120. The highest BCUT2D eigenvalue weighted by atomic mass is 35.5.